The van der Waals surface area contributed by atoms with E-state index in [9.17, 15) is 4.79 Å². The topological polar surface area (TPSA) is 81.8 Å². The van der Waals surface area contributed by atoms with Crippen LogP contribution >= 0.6 is 0 Å². The zero-order valence-corrected chi connectivity index (χ0v) is 12.1. The number of amides is 1. The number of hydrogen-bond acceptors (Lipinski definition) is 4. The second-order valence-corrected chi connectivity index (χ2v) is 4.75. The normalized spacial score (nSPS) is 9.74. The van der Waals surface area contributed by atoms with Crippen LogP contribution in [-0.4, -0.2) is 20.9 Å². The van der Waals surface area contributed by atoms with Crippen LogP contribution in [0.1, 0.15) is 21.5 Å². The lowest BCUT2D eigenvalue weighted by molar-refractivity contribution is 0.1000. The Balaban J connectivity index is 1.84. The van der Waals surface area contributed by atoms with Crippen LogP contribution in [-0.2, 0) is 0 Å². The number of nitrogens with two attached hydrogens (primary N) is 1. The van der Waals surface area contributed by atoms with Crippen LogP contribution < -0.4 is 5.73 Å². The van der Waals surface area contributed by atoms with Gasteiger partial charge in [0.05, 0.1) is 11.3 Å². The molecule has 0 atom stereocenters. The highest BCUT2D eigenvalue weighted by molar-refractivity contribution is 5.93. The second-order valence-electron chi connectivity index (χ2n) is 4.75. The highest BCUT2D eigenvalue weighted by Crippen LogP contribution is 2.18. The molecule has 0 saturated heterocycles. The molecule has 0 unspecified atom stereocenters. The van der Waals surface area contributed by atoms with Crippen molar-refractivity contribution < 1.29 is 4.79 Å². The third kappa shape index (κ3) is 3.57. The quantitative estimate of drug-likeness (QED) is 0.734. The summed E-state index contributed by atoms with van der Waals surface area (Å²) in [6.45, 7) is 0. The van der Waals surface area contributed by atoms with Crippen LogP contribution in [0.4, 0.5) is 0 Å². The molecule has 1 aromatic carbocycles. The van der Waals surface area contributed by atoms with Crippen molar-refractivity contribution >= 4 is 5.91 Å². The van der Waals surface area contributed by atoms with Crippen molar-refractivity contribution in [2.45, 2.75) is 0 Å². The average Bonchev–Trinajstić information content (AvgIpc) is 2.61. The van der Waals surface area contributed by atoms with Crippen molar-refractivity contribution in [2.24, 2.45) is 5.73 Å². The number of pyridine rings is 1. The first-order valence-corrected chi connectivity index (χ1v) is 6.86. The molecule has 3 aromatic rings. The summed E-state index contributed by atoms with van der Waals surface area (Å²) in [6.07, 6.45) is 6.35. The van der Waals surface area contributed by atoms with Crippen LogP contribution in [0.2, 0.25) is 0 Å². The molecule has 23 heavy (non-hydrogen) atoms. The number of nitrogens with zero attached hydrogens (tertiary/aromatic N) is 3. The summed E-state index contributed by atoms with van der Waals surface area (Å²) < 4.78 is 0. The Hall–Kier alpha value is -3.52. The van der Waals surface area contributed by atoms with Crippen LogP contribution in [0.25, 0.3) is 11.3 Å². The molecule has 0 saturated carbocycles. The molecule has 110 valence electrons. The predicted molar refractivity (Wildman–Crippen MR) is 86.2 cm³/mol. The van der Waals surface area contributed by atoms with Crippen LogP contribution in [0.3, 0.4) is 0 Å². The average molecular weight is 300 g/mol. The highest BCUT2D eigenvalue weighted by Gasteiger charge is 2.04. The summed E-state index contributed by atoms with van der Waals surface area (Å²) in [5, 5.41) is 0. The third-order valence-electron chi connectivity index (χ3n) is 3.14. The summed E-state index contributed by atoms with van der Waals surface area (Å²) in [5.74, 6) is 5.57. The maximum atomic E-state index is 11.2. The summed E-state index contributed by atoms with van der Waals surface area (Å²) in [5.41, 5.74) is 8.92. The SMILES string of the molecule is NC(=O)c1ccnc(-c2ccc(C#Cc3cncnc3)cc2)c1. The molecule has 0 radical (unpaired) electrons. The molecule has 2 N–H and O–H groups in total. The van der Waals surface area contributed by atoms with E-state index in [4.69, 9.17) is 5.73 Å². The number of primary amides is 1. The van der Waals surface area contributed by atoms with E-state index in [2.05, 4.69) is 26.8 Å². The number of carbonyl (C=O) groups excluding carboxylic acids is 1. The maximum Gasteiger partial charge on any atom is 0.248 e. The zero-order valence-electron chi connectivity index (χ0n) is 12.1. The molecule has 0 bridgehead atoms. The first-order valence-electron chi connectivity index (χ1n) is 6.86. The predicted octanol–water partition coefficient (Wildman–Crippen LogP) is 2.04. The Morgan fingerprint density at radius 2 is 1.65 bits per heavy atom. The lowest BCUT2D eigenvalue weighted by Gasteiger charge is -2.02. The fourth-order valence-corrected chi connectivity index (χ4v) is 1.97. The molecular weight excluding hydrogens is 288 g/mol. The second kappa shape index (κ2) is 6.50. The summed E-state index contributed by atoms with van der Waals surface area (Å²) in [4.78, 5) is 23.3. The fourth-order valence-electron chi connectivity index (χ4n) is 1.97. The third-order valence-corrected chi connectivity index (χ3v) is 3.14. The van der Waals surface area contributed by atoms with Gasteiger partial charge >= 0.3 is 0 Å². The Morgan fingerprint density at radius 1 is 0.957 bits per heavy atom. The van der Waals surface area contributed by atoms with E-state index < -0.39 is 5.91 Å². The molecular formula is C18H12N4O. The highest BCUT2D eigenvalue weighted by atomic mass is 16.1. The summed E-state index contributed by atoms with van der Waals surface area (Å²) in [7, 11) is 0. The van der Waals surface area contributed by atoms with E-state index >= 15 is 0 Å². The Labute approximate surface area is 133 Å². The summed E-state index contributed by atoms with van der Waals surface area (Å²) in [6, 6.07) is 10.9. The molecule has 2 aromatic heterocycles. The number of rotatable bonds is 2. The Kier molecular flexibility index (Phi) is 4.07. The standard InChI is InChI=1S/C18H12N4O/c19-18(23)16-7-8-22-17(9-16)15-5-3-13(4-6-15)1-2-14-10-20-12-21-11-14/h3-12H,(H2,19,23). The molecule has 0 aliphatic rings. The fraction of sp³-hybridized carbons (Fsp3) is 0. The van der Waals surface area contributed by atoms with E-state index in [1.807, 2.05) is 24.3 Å². The van der Waals surface area contributed by atoms with Crippen molar-refractivity contribution in [3.05, 3.63) is 78.0 Å². The zero-order chi connectivity index (χ0) is 16.1. The first-order chi connectivity index (χ1) is 11.2. The lowest BCUT2D eigenvalue weighted by Crippen LogP contribution is -2.10. The minimum atomic E-state index is -0.471. The van der Waals surface area contributed by atoms with Crippen LogP contribution in [0.15, 0.2) is 61.3 Å². The number of benzene rings is 1. The van der Waals surface area contributed by atoms with Gasteiger partial charge in [0, 0.05) is 35.3 Å². The van der Waals surface area contributed by atoms with Gasteiger partial charge < -0.3 is 5.73 Å². The molecule has 1 amide bonds. The maximum absolute atomic E-state index is 11.2. The van der Waals surface area contributed by atoms with Crippen molar-refractivity contribution in [3.63, 3.8) is 0 Å². The van der Waals surface area contributed by atoms with E-state index in [0.29, 0.717) is 11.3 Å². The Morgan fingerprint density at radius 3 is 2.35 bits per heavy atom. The first kappa shape index (κ1) is 14.4. The number of hydrogen-bond donors (Lipinski definition) is 1. The number of carbonyl (C=O) groups is 1. The van der Waals surface area contributed by atoms with Crippen molar-refractivity contribution in [3.8, 4) is 23.1 Å². The van der Waals surface area contributed by atoms with Gasteiger partial charge in [0.2, 0.25) is 5.91 Å². The summed E-state index contributed by atoms with van der Waals surface area (Å²) >= 11 is 0. The van der Waals surface area contributed by atoms with E-state index in [1.54, 1.807) is 30.7 Å². The van der Waals surface area contributed by atoms with E-state index in [1.165, 1.54) is 6.33 Å². The van der Waals surface area contributed by atoms with Crippen LogP contribution in [0, 0.1) is 11.8 Å². The van der Waals surface area contributed by atoms with Crippen molar-refractivity contribution in [1.29, 1.82) is 0 Å². The monoisotopic (exact) mass is 300 g/mol. The smallest absolute Gasteiger partial charge is 0.248 e. The molecule has 5 heteroatoms. The van der Waals surface area contributed by atoms with Crippen molar-refractivity contribution in [1.82, 2.24) is 15.0 Å². The minimum Gasteiger partial charge on any atom is -0.366 e. The molecule has 5 nitrogen and oxygen atoms in total. The van der Waals surface area contributed by atoms with Gasteiger partial charge in [-0.2, -0.15) is 0 Å². The molecule has 0 fully saturated rings. The van der Waals surface area contributed by atoms with E-state index in [0.717, 1.165) is 16.7 Å². The van der Waals surface area contributed by atoms with Gasteiger partial charge in [-0.3, -0.25) is 9.78 Å². The Bertz CT molecular complexity index is 894. The lowest BCUT2D eigenvalue weighted by atomic mass is 10.1. The van der Waals surface area contributed by atoms with Gasteiger partial charge in [-0.25, -0.2) is 9.97 Å². The largest absolute Gasteiger partial charge is 0.366 e. The van der Waals surface area contributed by atoms with Gasteiger partial charge in [-0.05, 0) is 24.3 Å². The van der Waals surface area contributed by atoms with Gasteiger partial charge in [0.1, 0.15) is 6.33 Å². The van der Waals surface area contributed by atoms with Crippen LogP contribution in [0.5, 0.6) is 0 Å². The van der Waals surface area contributed by atoms with Gasteiger partial charge in [0.25, 0.3) is 0 Å². The number of aromatic nitrogens is 3. The van der Waals surface area contributed by atoms with E-state index in [-0.39, 0.29) is 0 Å². The molecule has 0 aliphatic carbocycles. The molecule has 2 heterocycles. The van der Waals surface area contributed by atoms with Gasteiger partial charge in [0.15, 0.2) is 0 Å². The molecule has 0 aliphatic heterocycles. The minimum absolute atomic E-state index is 0.433. The molecule has 0 spiro atoms. The van der Waals surface area contributed by atoms with Gasteiger partial charge in [-0.1, -0.05) is 24.0 Å². The molecule has 3 rings (SSSR count). The van der Waals surface area contributed by atoms with Gasteiger partial charge in [-0.15, -0.1) is 0 Å². The van der Waals surface area contributed by atoms with Crippen molar-refractivity contribution in [2.75, 3.05) is 0 Å².